The van der Waals surface area contributed by atoms with Gasteiger partial charge in [-0.15, -0.1) is 0 Å². The van der Waals surface area contributed by atoms with Crippen molar-refractivity contribution in [2.45, 2.75) is 253 Å². The van der Waals surface area contributed by atoms with Crippen molar-refractivity contribution in [3.8, 4) is 0 Å². The molecule has 4 aliphatic carbocycles. The van der Waals surface area contributed by atoms with Crippen LogP contribution in [0.4, 0.5) is 0 Å². The van der Waals surface area contributed by atoms with Crippen LogP contribution in [0.1, 0.15) is 100 Å². The first-order valence-corrected chi connectivity index (χ1v) is 29.7. The smallest absolute Gasteiger partial charge is 0.303 e. The number of carbonyl (C=O) groups is 3. The van der Waals surface area contributed by atoms with E-state index >= 15 is 0 Å². The minimum absolute atomic E-state index is 0.0226. The molecule has 11 N–H and O–H groups in total. The van der Waals surface area contributed by atoms with E-state index in [1.54, 1.807) is 0 Å². The molecule has 1 spiro atoms. The first-order chi connectivity index (χ1) is 39.7. The molecule has 27 nitrogen and oxygen atoms in total. The molecule has 0 bridgehead atoms. The second-order valence-electron chi connectivity index (χ2n) is 25.9. The van der Waals surface area contributed by atoms with Crippen molar-refractivity contribution < 1.29 is 132 Å². The van der Waals surface area contributed by atoms with E-state index in [4.69, 9.17) is 61.6 Å². The Morgan fingerprint density at radius 1 is 0.607 bits per heavy atom. The number of carbonyl (C=O) groups excluding carboxylic acids is 3. The van der Waals surface area contributed by atoms with Crippen LogP contribution in [0.2, 0.25) is 0 Å². The van der Waals surface area contributed by atoms with Gasteiger partial charge in [0.25, 0.3) is 0 Å². The molecule has 84 heavy (non-hydrogen) atoms. The molecular formula is C57H88O27. The van der Waals surface area contributed by atoms with Crippen molar-refractivity contribution in [1.29, 1.82) is 0 Å². The highest BCUT2D eigenvalue weighted by molar-refractivity contribution is 5.68. The second-order valence-corrected chi connectivity index (χ2v) is 25.9. The molecule has 6 heterocycles. The van der Waals surface area contributed by atoms with E-state index in [1.807, 2.05) is 6.92 Å². The summed E-state index contributed by atoms with van der Waals surface area (Å²) in [5.41, 5.74) is -0.152. The van der Waals surface area contributed by atoms with Crippen LogP contribution in [-0.4, -0.2) is 254 Å². The molecule has 0 aromatic rings. The monoisotopic (exact) mass is 1200 g/mol. The van der Waals surface area contributed by atoms with Gasteiger partial charge in [0.2, 0.25) is 0 Å². The van der Waals surface area contributed by atoms with E-state index in [-0.39, 0.29) is 53.4 Å². The molecule has 27 heteroatoms. The van der Waals surface area contributed by atoms with Crippen LogP contribution in [0.15, 0.2) is 11.6 Å². The zero-order valence-corrected chi connectivity index (χ0v) is 48.6. The number of allylic oxidation sites excluding steroid dienone is 1. The summed E-state index contributed by atoms with van der Waals surface area (Å²) in [5, 5.41) is 119. The minimum atomic E-state index is -1.99. The van der Waals surface area contributed by atoms with Crippen molar-refractivity contribution in [3.05, 3.63) is 11.6 Å². The van der Waals surface area contributed by atoms with Gasteiger partial charge >= 0.3 is 17.9 Å². The Kier molecular flexibility index (Phi) is 19.1. The Hall–Kier alpha value is -2.69. The molecule has 478 valence electrons. The SMILES string of the molecule is CC(=O)OC[C@H]1O[C@@H](O[C@@H]2C[C@H](O)CC3=CC[C@H]4[C@@H]5C[C@@H]6O[C@]7(OC[C@H](C)C[C@@H]7O[C@@H]7O[C@H](CO)[C@@H](O)[C@H](O)[C@H]7O)[C@@H](C)[C@@H]6[C@@]5(C)CC[C@@H]4[C@]32C)[C@H](O[C@@H]2O[C@@H](C)[C@H](O)[C@@H](O[C@@H]3O[C@H](CO)[C@@H](O)[C@H](O)[C@H]3O)[C@H]2O)[C@@H](OC(C)=O)[C@H]1OC(C)=O. The van der Waals surface area contributed by atoms with E-state index < -0.39 is 190 Å². The lowest BCUT2D eigenvalue weighted by molar-refractivity contribution is -0.388. The van der Waals surface area contributed by atoms with Crippen molar-refractivity contribution in [3.63, 3.8) is 0 Å². The summed E-state index contributed by atoms with van der Waals surface area (Å²) in [6.07, 6.45) is -29.5. The van der Waals surface area contributed by atoms with Crippen LogP contribution < -0.4 is 0 Å². The van der Waals surface area contributed by atoms with Crippen molar-refractivity contribution >= 4 is 17.9 Å². The maximum absolute atomic E-state index is 13.2. The predicted octanol–water partition coefficient (Wildman–Crippen LogP) is -2.31. The third-order valence-corrected chi connectivity index (χ3v) is 20.7. The lowest BCUT2D eigenvalue weighted by atomic mass is 9.46. The highest BCUT2D eigenvalue weighted by atomic mass is 16.8. The number of aliphatic hydroxyl groups is 11. The average Bonchev–Trinajstić information content (AvgIpc) is 1.47. The minimum Gasteiger partial charge on any atom is -0.463 e. The highest BCUT2D eigenvalue weighted by Crippen LogP contribution is 2.71. The fraction of sp³-hybridized carbons (Fsp3) is 0.912. The molecule has 33 atom stereocenters. The lowest BCUT2D eigenvalue weighted by Crippen LogP contribution is -2.67. The first-order valence-electron chi connectivity index (χ1n) is 29.7. The molecule has 0 aromatic heterocycles. The zero-order valence-electron chi connectivity index (χ0n) is 48.6. The third-order valence-electron chi connectivity index (χ3n) is 20.7. The van der Waals surface area contributed by atoms with Gasteiger partial charge in [-0.25, -0.2) is 0 Å². The van der Waals surface area contributed by atoms with Crippen LogP contribution in [-0.2, 0) is 76.0 Å². The van der Waals surface area contributed by atoms with Crippen LogP contribution in [0, 0.1) is 46.3 Å². The lowest BCUT2D eigenvalue weighted by Gasteiger charge is -2.61. The fourth-order valence-electron chi connectivity index (χ4n) is 16.5. The largest absolute Gasteiger partial charge is 0.463 e. The number of ether oxygens (including phenoxy) is 13. The average molecular weight is 1210 g/mol. The molecule has 10 rings (SSSR count). The topological polar surface area (TPSA) is 394 Å². The van der Waals surface area contributed by atoms with Crippen LogP contribution in [0.3, 0.4) is 0 Å². The molecule has 9 fully saturated rings. The number of fused-ring (bicyclic) bond motifs is 7. The van der Waals surface area contributed by atoms with Crippen LogP contribution in [0.25, 0.3) is 0 Å². The van der Waals surface area contributed by atoms with Gasteiger partial charge in [-0.2, -0.15) is 0 Å². The summed E-state index contributed by atoms with van der Waals surface area (Å²) >= 11 is 0. The molecule has 10 aliphatic rings. The van der Waals surface area contributed by atoms with Crippen LogP contribution >= 0.6 is 0 Å². The van der Waals surface area contributed by atoms with E-state index in [0.29, 0.717) is 38.7 Å². The molecule has 0 radical (unpaired) electrons. The van der Waals surface area contributed by atoms with E-state index in [0.717, 1.165) is 32.8 Å². The Bertz CT molecular complexity index is 2360. The maximum atomic E-state index is 13.2. The summed E-state index contributed by atoms with van der Waals surface area (Å²) < 4.78 is 81.4. The number of hydrogen-bond donors (Lipinski definition) is 11. The highest BCUT2D eigenvalue weighted by Gasteiger charge is 2.72. The van der Waals surface area contributed by atoms with Crippen molar-refractivity contribution in [2.24, 2.45) is 46.3 Å². The van der Waals surface area contributed by atoms with Gasteiger partial charge < -0.3 is 118 Å². The van der Waals surface area contributed by atoms with E-state index in [2.05, 4.69) is 26.8 Å². The van der Waals surface area contributed by atoms with Crippen LogP contribution in [0.5, 0.6) is 0 Å². The third kappa shape index (κ3) is 11.4. The first kappa shape index (κ1) is 64.3. The molecule has 0 aromatic carbocycles. The fourth-order valence-corrected chi connectivity index (χ4v) is 16.5. The molecular weight excluding hydrogens is 1120 g/mol. The number of rotatable bonds is 14. The zero-order chi connectivity index (χ0) is 60.8. The van der Waals surface area contributed by atoms with E-state index in [1.165, 1.54) is 6.92 Å². The molecule has 0 amide bonds. The van der Waals surface area contributed by atoms with Gasteiger partial charge in [0.1, 0.15) is 86.0 Å². The molecule has 3 saturated carbocycles. The van der Waals surface area contributed by atoms with Crippen molar-refractivity contribution in [1.82, 2.24) is 0 Å². The molecule has 6 saturated heterocycles. The number of aliphatic hydroxyl groups excluding tert-OH is 11. The Morgan fingerprint density at radius 3 is 1.81 bits per heavy atom. The van der Waals surface area contributed by atoms with Gasteiger partial charge in [-0.3, -0.25) is 14.4 Å². The standard InChI is InChI=1S/C57H88O27/c1-21-13-37(81-51-44(69)42(67)40(65)33(17-58)77-51)57(73-19-21)22(2)38-32(84-57)16-31-29-10-9-27-14-28(63)15-36(56(27,8)30(29)11-12-55(31,38)7)80-54-50(49(76-26(6)62)47(75-25(5)61)35(79-54)20-72-24(4)60)83-53-46(71)48(39(64)23(3)74-53)82-52-45(70)43(68)41(66)34(18-59)78-52/h9,21-23,28-54,58-59,63-71H,10-20H2,1-8H3/t21-,22+,23+,28-,29-,30+,31+,32+,33-,34-,35-,36-,37+,38+,39+,40-,41-,42+,43+,44-,45-,46-,47+,48-,49+,50-,51+,52+,53+,54+,55+,56+,57-/m1/s1. The molecule has 0 unspecified atom stereocenters. The van der Waals surface area contributed by atoms with Gasteiger partial charge in [0, 0.05) is 38.5 Å². The summed E-state index contributed by atoms with van der Waals surface area (Å²) in [7, 11) is 0. The van der Waals surface area contributed by atoms with Gasteiger partial charge in [0.15, 0.2) is 49.3 Å². The Balaban J connectivity index is 0.942. The summed E-state index contributed by atoms with van der Waals surface area (Å²) in [6.45, 7) is 11.7. The summed E-state index contributed by atoms with van der Waals surface area (Å²) in [4.78, 5) is 38.5. The van der Waals surface area contributed by atoms with Gasteiger partial charge in [0.05, 0.1) is 44.2 Å². The number of esters is 3. The summed E-state index contributed by atoms with van der Waals surface area (Å²) in [5.74, 6) is -3.84. The summed E-state index contributed by atoms with van der Waals surface area (Å²) in [6, 6.07) is 0. The Morgan fingerprint density at radius 2 is 1.19 bits per heavy atom. The predicted molar refractivity (Wildman–Crippen MR) is 278 cm³/mol. The van der Waals surface area contributed by atoms with Gasteiger partial charge in [-0.05, 0) is 80.5 Å². The normalized spacial score (nSPS) is 52.7. The second kappa shape index (κ2) is 24.9. The quantitative estimate of drug-likeness (QED) is 0.0495. The van der Waals surface area contributed by atoms with Crippen molar-refractivity contribution in [2.75, 3.05) is 26.4 Å². The maximum Gasteiger partial charge on any atom is 0.303 e. The van der Waals surface area contributed by atoms with E-state index in [9.17, 15) is 70.6 Å². The number of hydrogen-bond acceptors (Lipinski definition) is 27. The van der Waals surface area contributed by atoms with Gasteiger partial charge in [-0.1, -0.05) is 39.3 Å². The Labute approximate surface area is 486 Å². The molecule has 6 aliphatic heterocycles.